The standard InChI is InChI=1S/C14H22ClNO/c1-10(2)7-11(3)9-16-13-8-12(15)5-6-14(13)17-4/h5-6,8,10-11,16H,7,9H2,1-4H3. The van der Waals surface area contributed by atoms with Crippen LogP contribution in [0.4, 0.5) is 5.69 Å². The lowest BCUT2D eigenvalue weighted by Gasteiger charge is -2.17. The van der Waals surface area contributed by atoms with Crippen molar-refractivity contribution in [3.05, 3.63) is 23.2 Å². The number of methoxy groups -OCH3 is 1. The van der Waals surface area contributed by atoms with E-state index in [-0.39, 0.29) is 0 Å². The molecule has 1 aromatic carbocycles. The van der Waals surface area contributed by atoms with Gasteiger partial charge in [0.25, 0.3) is 0 Å². The summed E-state index contributed by atoms with van der Waals surface area (Å²) in [7, 11) is 1.67. The number of nitrogens with one attached hydrogen (secondary N) is 1. The van der Waals surface area contributed by atoms with E-state index in [4.69, 9.17) is 16.3 Å². The number of hydrogen-bond acceptors (Lipinski definition) is 2. The van der Waals surface area contributed by atoms with Gasteiger partial charge >= 0.3 is 0 Å². The van der Waals surface area contributed by atoms with Gasteiger partial charge in [0, 0.05) is 11.6 Å². The maximum Gasteiger partial charge on any atom is 0.142 e. The number of benzene rings is 1. The van der Waals surface area contributed by atoms with E-state index >= 15 is 0 Å². The minimum atomic E-state index is 0.638. The highest BCUT2D eigenvalue weighted by atomic mass is 35.5. The molecular weight excluding hydrogens is 234 g/mol. The number of ether oxygens (including phenoxy) is 1. The average molecular weight is 256 g/mol. The predicted octanol–water partition coefficient (Wildman–Crippen LogP) is 4.44. The highest BCUT2D eigenvalue weighted by Crippen LogP contribution is 2.28. The summed E-state index contributed by atoms with van der Waals surface area (Å²) in [5.74, 6) is 2.21. The van der Waals surface area contributed by atoms with Crippen molar-refractivity contribution in [2.45, 2.75) is 27.2 Å². The van der Waals surface area contributed by atoms with E-state index < -0.39 is 0 Å². The van der Waals surface area contributed by atoms with Gasteiger partial charge in [-0.05, 0) is 36.5 Å². The van der Waals surface area contributed by atoms with Crippen molar-refractivity contribution in [2.24, 2.45) is 11.8 Å². The molecule has 1 atom stereocenters. The fourth-order valence-corrected chi connectivity index (χ4v) is 2.16. The first-order valence-electron chi connectivity index (χ1n) is 6.10. The zero-order valence-corrected chi connectivity index (χ0v) is 11.8. The molecule has 1 N–H and O–H groups in total. The normalized spacial score (nSPS) is 12.6. The van der Waals surface area contributed by atoms with Gasteiger partial charge < -0.3 is 10.1 Å². The van der Waals surface area contributed by atoms with Crippen LogP contribution in [0.25, 0.3) is 0 Å². The largest absolute Gasteiger partial charge is 0.495 e. The van der Waals surface area contributed by atoms with E-state index in [0.29, 0.717) is 5.92 Å². The summed E-state index contributed by atoms with van der Waals surface area (Å²) >= 11 is 5.98. The number of hydrogen-bond donors (Lipinski definition) is 1. The lowest BCUT2D eigenvalue weighted by Crippen LogP contribution is -2.13. The van der Waals surface area contributed by atoms with E-state index in [1.807, 2.05) is 18.2 Å². The Morgan fingerprint density at radius 1 is 1.29 bits per heavy atom. The second-order valence-electron chi connectivity index (χ2n) is 4.96. The summed E-state index contributed by atoms with van der Waals surface area (Å²) in [6.45, 7) is 7.69. The van der Waals surface area contributed by atoms with Crippen molar-refractivity contribution in [1.29, 1.82) is 0 Å². The minimum Gasteiger partial charge on any atom is -0.495 e. The van der Waals surface area contributed by atoms with Gasteiger partial charge in [0.15, 0.2) is 0 Å². The zero-order valence-electron chi connectivity index (χ0n) is 11.1. The molecule has 2 nitrogen and oxygen atoms in total. The fourth-order valence-electron chi connectivity index (χ4n) is 1.99. The molecule has 96 valence electrons. The Bertz CT molecular complexity index is 352. The van der Waals surface area contributed by atoms with Crippen molar-refractivity contribution in [3.63, 3.8) is 0 Å². The maximum atomic E-state index is 5.98. The van der Waals surface area contributed by atoms with Crippen LogP contribution in [0.5, 0.6) is 5.75 Å². The molecule has 0 amide bonds. The SMILES string of the molecule is COc1ccc(Cl)cc1NCC(C)CC(C)C. The minimum absolute atomic E-state index is 0.638. The Labute approximate surface area is 109 Å². The topological polar surface area (TPSA) is 21.3 Å². The van der Waals surface area contributed by atoms with Gasteiger partial charge in [-0.1, -0.05) is 32.4 Å². The Kier molecular flexibility index (Phi) is 5.63. The molecule has 0 radical (unpaired) electrons. The van der Waals surface area contributed by atoms with Gasteiger partial charge in [0.05, 0.1) is 12.8 Å². The first-order chi connectivity index (χ1) is 8.02. The summed E-state index contributed by atoms with van der Waals surface area (Å²) in [6, 6.07) is 5.63. The van der Waals surface area contributed by atoms with Crippen molar-refractivity contribution in [3.8, 4) is 5.75 Å². The summed E-state index contributed by atoms with van der Waals surface area (Å²) < 4.78 is 5.29. The summed E-state index contributed by atoms with van der Waals surface area (Å²) in [5, 5.41) is 4.13. The molecule has 0 aliphatic carbocycles. The summed E-state index contributed by atoms with van der Waals surface area (Å²) in [6.07, 6.45) is 1.22. The van der Waals surface area contributed by atoms with Gasteiger partial charge in [0.2, 0.25) is 0 Å². The highest BCUT2D eigenvalue weighted by molar-refractivity contribution is 6.30. The summed E-state index contributed by atoms with van der Waals surface area (Å²) in [4.78, 5) is 0. The van der Waals surface area contributed by atoms with Crippen LogP contribution < -0.4 is 10.1 Å². The second kappa shape index (κ2) is 6.75. The smallest absolute Gasteiger partial charge is 0.142 e. The van der Waals surface area contributed by atoms with E-state index in [2.05, 4.69) is 26.1 Å². The number of anilines is 1. The Morgan fingerprint density at radius 2 is 2.00 bits per heavy atom. The lowest BCUT2D eigenvalue weighted by molar-refractivity contribution is 0.415. The lowest BCUT2D eigenvalue weighted by atomic mass is 9.99. The van der Waals surface area contributed by atoms with Crippen molar-refractivity contribution < 1.29 is 4.74 Å². The van der Waals surface area contributed by atoms with Gasteiger partial charge in [0.1, 0.15) is 5.75 Å². The van der Waals surface area contributed by atoms with Crippen LogP contribution in [0.2, 0.25) is 5.02 Å². The maximum absolute atomic E-state index is 5.98. The molecule has 1 aromatic rings. The number of rotatable bonds is 6. The van der Waals surface area contributed by atoms with Crippen LogP contribution in [0, 0.1) is 11.8 Å². The molecule has 0 aliphatic rings. The molecule has 0 bridgehead atoms. The molecule has 0 fully saturated rings. The third-order valence-corrected chi connectivity index (χ3v) is 2.91. The van der Waals surface area contributed by atoms with Crippen LogP contribution >= 0.6 is 11.6 Å². The quantitative estimate of drug-likeness (QED) is 0.811. The molecule has 0 aliphatic heterocycles. The molecule has 1 unspecified atom stereocenters. The molecular formula is C14H22ClNO. The molecule has 1 rings (SSSR count). The fraction of sp³-hybridized carbons (Fsp3) is 0.571. The Morgan fingerprint density at radius 3 is 2.59 bits per heavy atom. The first kappa shape index (κ1) is 14.2. The van der Waals surface area contributed by atoms with Gasteiger partial charge in [-0.15, -0.1) is 0 Å². The average Bonchev–Trinajstić information content (AvgIpc) is 2.25. The van der Waals surface area contributed by atoms with E-state index in [1.54, 1.807) is 7.11 Å². The molecule has 0 saturated carbocycles. The third kappa shape index (κ3) is 4.86. The molecule has 0 aromatic heterocycles. The Hall–Kier alpha value is -0.890. The second-order valence-corrected chi connectivity index (χ2v) is 5.40. The molecule has 17 heavy (non-hydrogen) atoms. The van der Waals surface area contributed by atoms with E-state index in [9.17, 15) is 0 Å². The first-order valence-corrected chi connectivity index (χ1v) is 6.48. The predicted molar refractivity (Wildman–Crippen MR) is 75.1 cm³/mol. The number of halogens is 1. The van der Waals surface area contributed by atoms with Crippen molar-refractivity contribution in [2.75, 3.05) is 19.0 Å². The van der Waals surface area contributed by atoms with E-state index in [0.717, 1.165) is 28.9 Å². The Balaban J connectivity index is 2.58. The zero-order chi connectivity index (χ0) is 12.8. The van der Waals surface area contributed by atoms with Crippen molar-refractivity contribution in [1.82, 2.24) is 0 Å². The van der Waals surface area contributed by atoms with E-state index in [1.165, 1.54) is 6.42 Å². The van der Waals surface area contributed by atoms with Gasteiger partial charge in [-0.2, -0.15) is 0 Å². The van der Waals surface area contributed by atoms with Gasteiger partial charge in [-0.25, -0.2) is 0 Å². The van der Waals surface area contributed by atoms with Crippen LogP contribution in [0.15, 0.2) is 18.2 Å². The third-order valence-electron chi connectivity index (χ3n) is 2.68. The molecule has 0 heterocycles. The van der Waals surface area contributed by atoms with Crippen LogP contribution in [0.3, 0.4) is 0 Å². The molecule has 0 spiro atoms. The van der Waals surface area contributed by atoms with Crippen LogP contribution in [0.1, 0.15) is 27.2 Å². The monoisotopic (exact) mass is 255 g/mol. The molecule has 0 saturated heterocycles. The van der Waals surface area contributed by atoms with Crippen LogP contribution in [-0.2, 0) is 0 Å². The van der Waals surface area contributed by atoms with Crippen molar-refractivity contribution >= 4 is 17.3 Å². The van der Waals surface area contributed by atoms with Crippen LogP contribution in [-0.4, -0.2) is 13.7 Å². The summed E-state index contributed by atoms with van der Waals surface area (Å²) in [5.41, 5.74) is 0.968. The molecule has 3 heteroatoms. The van der Waals surface area contributed by atoms with Gasteiger partial charge in [-0.3, -0.25) is 0 Å². The highest BCUT2D eigenvalue weighted by Gasteiger charge is 2.07.